The third-order valence-corrected chi connectivity index (χ3v) is 2.18. The van der Waals surface area contributed by atoms with Crippen LogP contribution in [0.1, 0.15) is 19.4 Å². The Morgan fingerprint density at radius 1 is 1.36 bits per heavy atom. The molecule has 0 saturated heterocycles. The van der Waals surface area contributed by atoms with Crippen LogP contribution in [0.4, 0.5) is 5.69 Å². The minimum atomic E-state index is 0.101. The quantitative estimate of drug-likeness (QED) is 0.740. The Hall–Kier alpha value is -1.51. The molecule has 2 N–H and O–H groups in total. The van der Waals surface area contributed by atoms with E-state index in [1.165, 1.54) is 0 Å². The van der Waals surface area contributed by atoms with E-state index in [4.69, 9.17) is 5.73 Å². The molecular weight excluding hydrogens is 176 g/mol. The number of nitrogens with two attached hydrogens (primary N) is 1. The molecule has 3 nitrogen and oxygen atoms in total. The minimum absolute atomic E-state index is 0.101. The number of nitrogens with zero attached hydrogens (tertiary/aromatic N) is 1. The Kier molecular flexibility index (Phi) is 3.51. The second kappa shape index (κ2) is 4.65. The minimum Gasteiger partial charge on any atom is -0.399 e. The van der Waals surface area contributed by atoms with Crippen molar-refractivity contribution in [2.24, 2.45) is 0 Å². The van der Waals surface area contributed by atoms with Gasteiger partial charge in [-0.2, -0.15) is 0 Å². The number of rotatable bonds is 3. The molecule has 0 aromatic heterocycles. The zero-order valence-electron chi connectivity index (χ0n) is 8.66. The van der Waals surface area contributed by atoms with Gasteiger partial charge in [0.2, 0.25) is 5.91 Å². The first-order valence-corrected chi connectivity index (χ1v) is 4.73. The number of carbonyl (C=O) groups is 1. The Labute approximate surface area is 84.5 Å². The number of hydrogen-bond acceptors (Lipinski definition) is 2. The molecule has 0 unspecified atom stereocenters. The highest BCUT2D eigenvalue weighted by Crippen LogP contribution is 2.08. The number of hydrogen-bond donors (Lipinski definition) is 1. The van der Waals surface area contributed by atoms with Crippen LogP contribution in [0.2, 0.25) is 0 Å². The summed E-state index contributed by atoms with van der Waals surface area (Å²) in [5.41, 5.74) is 7.43. The van der Waals surface area contributed by atoms with Crippen LogP contribution in [0.5, 0.6) is 0 Å². The van der Waals surface area contributed by atoms with Crippen LogP contribution in [-0.4, -0.2) is 17.4 Å². The summed E-state index contributed by atoms with van der Waals surface area (Å²) in [6.07, 6.45) is 0. The molecule has 1 aromatic carbocycles. The van der Waals surface area contributed by atoms with E-state index in [9.17, 15) is 4.79 Å². The van der Waals surface area contributed by atoms with Gasteiger partial charge in [-0.25, -0.2) is 0 Å². The van der Waals surface area contributed by atoms with Crippen molar-refractivity contribution in [3.05, 3.63) is 29.8 Å². The number of amides is 1. The summed E-state index contributed by atoms with van der Waals surface area (Å²) >= 11 is 0. The van der Waals surface area contributed by atoms with E-state index in [0.717, 1.165) is 17.8 Å². The van der Waals surface area contributed by atoms with Crippen LogP contribution in [0.25, 0.3) is 0 Å². The van der Waals surface area contributed by atoms with Crippen molar-refractivity contribution in [2.45, 2.75) is 20.4 Å². The lowest BCUT2D eigenvalue weighted by atomic mass is 10.2. The van der Waals surface area contributed by atoms with Gasteiger partial charge in [-0.3, -0.25) is 4.79 Å². The highest BCUT2D eigenvalue weighted by atomic mass is 16.2. The monoisotopic (exact) mass is 192 g/mol. The smallest absolute Gasteiger partial charge is 0.219 e. The van der Waals surface area contributed by atoms with E-state index in [2.05, 4.69) is 0 Å². The molecule has 14 heavy (non-hydrogen) atoms. The molecule has 0 atom stereocenters. The van der Waals surface area contributed by atoms with E-state index < -0.39 is 0 Å². The van der Waals surface area contributed by atoms with Gasteiger partial charge in [-0.1, -0.05) is 12.1 Å². The fourth-order valence-corrected chi connectivity index (χ4v) is 1.29. The van der Waals surface area contributed by atoms with Crippen molar-refractivity contribution in [1.29, 1.82) is 0 Å². The van der Waals surface area contributed by atoms with Gasteiger partial charge in [-0.05, 0) is 24.6 Å². The summed E-state index contributed by atoms with van der Waals surface area (Å²) in [5.74, 6) is 0.101. The summed E-state index contributed by atoms with van der Waals surface area (Å²) in [7, 11) is 0. The second-order valence-electron chi connectivity index (χ2n) is 3.27. The Morgan fingerprint density at radius 3 is 2.36 bits per heavy atom. The van der Waals surface area contributed by atoms with Gasteiger partial charge in [0.05, 0.1) is 0 Å². The molecular formula is C11H16N2O. The molecule has 1 aromatic rings. The molecule has 0 heterocycles. The molecule has 3 heteroatoms. The van der Waals surface area contributed by atoms with Gasteiger partial charge in [0, 0.05) is 25.7 Å². The number of anilines is 1. The highest BCUT2D eigenvalue weighted by molar-refractivity contribution is 5.73. The molecule has 0 spiro atoms. The molecule has 0 radical (unpaired) electrons. The van der Waals surface area contributed by atoms with Gasteiger partial charge in [-0.15, -0.1) is 0 Å². The Morgan fingerprint density at radius 2 is 1.93 bits per heavy atom. The van der Waals surface area contributed by atoms with E-state index in [-0.39, 0.29) is 5.91 Å². The van der Waals surface area contributed by atoms with E-state index in [1.807, 2.05) is 31.2 Å². The van der Waals surface area contributed by atoms with Crippen molar-refractivity contribution in [1.82, 2.24) is 4.90 Å². The summed E-state index contributed by atoms with van der Waals surface area (Å²) < 4.78 is 0. The van der Waals surface area contributed by atoms with Gasteiger partial charge >= 0.3 is 0 Å². The maximum Gasteiger partial charge on any atom is 0.219 e. The molecule has 76 valence electrons. The van der Waals surface area contributed by atoms with Crippen molar-refractivity contribution in [2.75, 3.05) is 12.3 Å². The van der Waals surface area contributed by atoms with Gasteiger partial charge < -0.3 is 10.6 Å². The predicted octanol–water partition coefficient (Wildman–Crippen LogP) is 1.64. The van der Waals surface area contributed by atoms with E-state index >= 15 is 0 Å². The van der Waals surface area contributed by atoms with Crippen LogP contribution in [0.3, 0.4) is 0 Å². The molecule has 0 aliphatic carbocycles. The molecule has 1 amide bonds. The molecule has 0 aliphatic heterocycles. The zero-order chi connectivity index (χ0) is 10.6. The van der Waals surface area contributed by atoms with Crippen molar-refractivity contribution < 1.29 is 4.79 Å². The first-order valence-electron chi connectivity index (χ1n) is 4.73. The van der Waals surface area contributed by atoms with E-state index in [1.54, 1.807) is 11.8 Å². The lowest BCUT2D eigenvalue weighted by Gasteiger charge is -2.18. The average molecular weight is 192 g/mol. The first-order chi connectivity index (χ1) is 6.63. The lowest BCUT2D eigenvalue weighted by molar-refractivity contribution is -0.129. The number of benzene rings is 1. The SMILES string of the molecule is CCN(Cc1ccc(N)cc1)C(C)=O. The maximum atomic E-state index is 11.1. The van der Waals surface area contributed by atoms with Crippen LogP contribution in [-0.2, 0) is 11.3 Å². The summed E-state index contributed by atoms with van der Waals surface area (Å²) in [4.78, 5) is 12.9. The van der Waals surface area contributed by atoms with Crippen LogP contribution in [0, 0.1) is 0 Å². The Bertz CT molecular complexity index is 306. The van der Waals surface area contributed by atoms with Crippen LogP contribution < -0.4 is 5.73 Å². The summed E-state index contributed by atoms with van der Waals surface area (Å²) in [6.45, 7) is 4.95. The fourth-order valence-electron chi connectivity index (χ4n) is 1.29. The van der Waals surface area contributed by atoms with Crippen LogP contribution in [0.15, 0.2) is 24.3 Å². The molecule has 0 fully saturated rings. The molecule has 0 aliphatic rings. The van der Waals surface area contributed by atoms with E-state index in [0.29, 0.717) is 6.54 Å². The molecule has 0 saturated carbocycles. The molecule has 0 bridgehead atoms. The number of nitrogen functional groups attached to an aromatic ring is 1. The first kappa shape index (κ1) is 10.6. The third-order valence-electron chi connectivity index (χ3n) is 2.18. The standard InChI is InChI=1S/C11H16N2O/c1-3-13(9(2)14)8-10-4-6-11(12)7-5-10/h4-7H,3,8,12H2,1-2H3. The summed E-state index contributed by atoms with van der Waals surface area (Å²) in [5, 5.41) is 0. The van der Waals surface area contributed by atoms with Gasteiger partial charge in [0.25, 0.3) is 0 Å². The average Bonchev–Trinajstić information content (AvgIpc) is 2.16. The zero-order valence-corrected chi connectivity index (χ0v) is 8.66. The lowest BCUT2D eigenvalue weighted by Crippen LogP contribution is -2.27. The van der Waals surface area contributed by atoms with Gasteiger partial charge in [0.15, 0.2) is 0 Å². The second-order valence-corrected chi connectivity index (χ2v) is 3.27. The van der Waals surface area contributed by atoms with Crippen molar-refractivity contribution >= 4 is 11.6 Å². The largest absolute Gasteiger partial charge is 0.399 e. The normalized spacial score (nSPS) is 9.86. The molecule has 1 rings (SSSR count). The predicted molar refractivity (Wildman–Crippen MR) is 57.6 cm³/mol. The highest BCUT2D eigenvalue weighted by Gasteiger charge is 2.05. The third kappa shape index (κ3) is 2.76. The van der Waals surface area contributed by atoms with Crippen LogP contribution >= 0.6 is 0 Å². The summed E-state index contributed by atoms with van der Waals surface area (Å²) in [6, 6.07) is 7.59. The van der Waals surface area contributed by atoms with Crippen molar-refractivity contribution in [3.63, 3.8) is 0 Å². The number of carbonyl (C=O) groups excluding carboxylic acids is 1. The fraction of sp³-hybridized carbons (Fsp3) is 0.364. The Balaban J connectivity index is 2.67. The maximum absolute atomic E-state index is 11.1. The topological polar surface area (TPSA) is 46.3 Å². The van der Waals surface area contributed by atoms with Crippen molar-refractivity contribution in [3.8, 4) is 0 Å². The van der Waals surface area contributed by atoms with Gasteiger partial charge in [0.1, 0.15) is 0 Å².